The van der Waals surface area contributed by atoms with E-state index in [1.54, 1.807) is 20.8 Å². The summed E-state index contributed by atoms with van der Waals surface area (Å²) in [6, 6.07) is -0.809. The van der Waals surface area contributed by atoms with E-state index in [2.05, 4.69) is 15.5 Å². The van der Waals surface area contributed by atoms with Gasteiger partial charge in [-0.3, -0.25) is 9.59 Å². The van der Waals surface area contributed by atoms with E-state index in [1.807, 2.05) is 13.8 Å². The van der Waals surface area contributed by atoms with Gasteiger partial charge in [-0.05, 0) is 17.8 Å². The van der Waals surface area contributed by atoms with Crippen molar-refractivity contribution in [2.45, 2.75) is 53.2 Å². The van der Waals surface area contributed by atoms with Crippen LogP contribution in [0, 0.1) is 17.3 Å². The Morgan fingerprint density at radius 2 is 1.70 bits per heavy atom. The van der Waals surface area contributed by atoms with Crippen molar-refractivity contribution in [1.82, 2.24) is 10.6 Å². The van der Waals surface area contributed by atoms with Crippen LogP contribution in [0.5, 0.6) is 0 Å². The lowest BCUT2D eigenvalue weighted by molar-refractivity contribution is -0.160. The standard InChI is InChI=1S/C15H29N3O5/c1-8(2)7-9(10(19)14(22)23-16)12(20)18-11(13(21)17-6)15(3,4)5/h8-11,19H,7,16H2,1-6H3,(H,17,21)(H,18,20)/t9-,10+,11-/m1/s1. The Morgan fingerprint density at radius 3 is 2.04 bits per heavy atom. The van der Waals surface area contributed by atoms with Crippen molar-refractivity contribution in [3.8, 4) is 0 Å². The van der Waals surface area contributed by atoms with E-state index in [0.29, 0.717) is 0 Å². The van der Waals surface area contributed by atoms with Gasteiger partial charge in [0.25, 0.3) is 0 Å². The van der Waals surface area contributed by atoms with Gasteiger partial charge in [0.1, 0.15) is 6.04 Å². The molecule has 0 fully saturated rings. The zero-order chi connectivity index (χ0) is 18.4. The number of hydrogen-bond acceptors (Lipinski definition) is 6. The first kappa shape index (κ1) is 21.3. The van der Waals surface area contributed by atoms with Crippen LogP contribution in [0.4, 0.5) is 0 Å². The number of nitrogens with one attached hydrogen (secondary N) is 2. The molecule has 0 unspecified atom stereocenters. The Morgan fingerprint density at radius 1 is 1.17 bits per heavy atom. The van der Waals surface area contributed by atoms with E-state index in [-0.39, 0.29) is 18.2 Å². The summed E-state index contributed by atoms with van der Waals surface area (Å²) in [7, 11) is 1.47. The van der Waals surface area contributed by atoms with Crippen LogP contribution >= 0.6 is 0 Å². The predicted molar refractivity (Wildman–Crippen MR) is 84.7 cm³/mol. The van der Waals surface area contributed by atoms with Crippen LogP contribution in [0.2, 0.25) is 0 Å². The maximum absolute atomic E-state index is 12.5. The van der Waals surface area contributed by atoms with E-state index in [0.717, 1.165) is 0 Å². The van der Waals surface area contributed by atoms with E-state index < -0.39 is 35.4 Å². The maximum Gasteiger partial charge on any atom is 0.354 e. The number of hydrogen-bond donors (Lipinski definition) is 4. The third-order valence-electron chi connectivity index (χ3n) is 3.46. The zero-order valence-electron chi connectivity index (χ0n) is 14.7. The van der Waals surface area contributed by atoms with Crippen LogP contribution in [0.3, 0.4) is 0 Å². The van der Waals surface area contributed by atoms with Crippen molar-refractivity contribution >= 4 is 17.8 Å². The fourth-order valence-electron chi connectivity index (χ4n) is 2.19. The highest BCUT2D eigenvalue weighted by atomic mass is 16.7. The molecule has 0 aliphatic rings. The van der Waals surface area contributed by atoms with E-state index in [4.69, 9.17) is 5.90 Å². The number of carbonyl (C=O) groups excluding carboxylic acids is 3. The van der Waals surface area contributed by atoms with Gasteiger partial charge < -0.3 is 20.6 Å². The third-order valence-corrected chi connectivity index (χ3v) is 3.46. The van der Waals surface area contributed by atoms with Gasteiger partial charge in [0.05, 0.1) is 5.92 Å². The molecule has 0 bridgehead atoms. The van der Waals surface area contributed by atoms with Crippen LogP contribution < -0.4 is 16.5 Å². The number of aliphatic hydroxyl groups is 1. The number of likely N-dealkylation sites (N-methyl/N-ethyl adjacent to an activating group) is 1. The Hall–Kier alpha value is -1.67. The number of aliphatic hydroxyl groups excluding tert-OH is 1. The van der Waals surface area contributed by atoms with Crippen LogP contribution in [0.1, 0.15) is 41.0 Å². The summed E-state index contributed by atoms with van der Waals surface area (Å²) in [4.78, 5) is 40.0. The lowest BCUT2D eigenvalue weighted by Gasteiger charge is -2.32. The fraction of sp³-hybridized carbons (Fsp3) is 0.800. The minimum Gasteiger partial charge on any atom is -0.381 e. The number of nitrogens with two attached hydrogens (primary N) is 1. The van der Waals surface area contributed by atoms with Crippen LogP contribution in [0.15, 0.2) is 0 Å². The van der Waals surface area contributed by atoms with E-state index in [9.17, 15) is 19.5 Å². The van der Waals surface area contributed by atoms with Crippen LogP contribution in [0.25, 0.3) is 0 Å². The van der Waals surface area contributed by atoms with Crippen LogP contribution in [-0.4, -0.2) is 42.1 Å². The Balaban J connectivity index is 5.35. The molecule has 0 saturated heterocycles. The zero-order valence-corrected chi connectivity index (χ0v) is 14.7. The molecule has 8 nitrogen and oxygen atoms in total. The largest absolute Gasteiger partial charge is 0.381 e. The maximum atomic E-state index is 12.5. The highest BCUT2D eigenvalue weighted by Crippen LogP contribution is 2.22. The monoisotopic (exact) mass is 331 g/mol. The quantitative estimate of drug-likeness (QED) is 0.474. The summed E-state index contributed by atoms with van der Waals surface area (Å²) >= 11 is 0. The number of carbonyl (C=O) groups is 3. The predicted octanol–water partition coefficient (Wildman–Crippen LogP) is -0.297. The first-order chi connectivity index (χ1) is 10.4. The minimum absolute atomic E-state index is 0.0408. The van der Waals surface area contributed by atoms with Gasteiger partial charge in [0.2, 0.25) is 11.8 Å². The third kappa shape index (κ3) is 6.54. The smallest absolute Gasteiger partial charge is 0.354 e. The van der Waals surface area contributed by atoms with Gasteiger partial charge in [0.15, 0.2) is 6.10 Å². The summed E-state index contributed by atoms with van der Waals surface area (Å²) < 4.78 is 0. The molecule has 3 atom stereocenters. The van der Waals surface area contributed by atoms with Gasteiger partial charge >= 0.3 is 5.97 Å². The summed E-state index contributed by atoms with van der Waals surface area (Å²) in [5.74, 6) is 1.72. The SMILES string of the molecule is CNC(=O)[C@@H](NC(=O)[C@H](CC(C)C)[C@H](O)C(=O)ON)C(C)(C)C. The average Bonchev–Trinajstić information content (AvgIpc) is 2.46. The van der Waals surface area contributed by atoms with Gasteiger partial charge in [0, 0.05) is 7.05 Å². The van der Waals surface area contributed by atoms with Gasteiger partial charge in [-0.25, -0.2) is 4.79 Å². The Bertz CT molecular complexity index is 431. The second-order valence-corrected chi connectivity index (χ2v) is 7.04. The van der Waals surface area contributed by atoms with Crippen LogP contribution in [-0.2, 0) is 19.2 Å². The molecule has 0 aromatic carbocycles. The second-order valence-electron chi connectivity index (χ2n) is 7.04. The molecule has 0 spiro atoms. The van der Waals surface area contributed by atoms with Crippen molar-refractivity contribution in [3.63, 3.8) is 0 Å². The Labute approximate surface area is 137 Å². The molecule has 8 heteroatoms. The lowest BCUT2D eigenvalue weighted by Crippen LogP contribution is -2.56. The van der Waals surface area contributed by atoms with Crippen molar-refractivity contribution in [1.29, 1.82) is 0 Å². The summed E-state index contributed by atoms with van der Waals surface area (Å²) in [5.41, 5.74) is -0.544. The van der Waals surface area contributed by atoms with Gasteiger partial charge in [-0.15, -0.1) is 0 Å². The molecule has 2 amide bonds. The number of rotatable bonds is 7. The normalized spacial score (nSPS) is 15.5. The molecule has 0 heterocycles. The van der Waals surface area contributed by atoms with E-state index in [1.165, 1.54) is 7.05 Å². The van der Waals surface area contributed by atoms with Crippen molar-refractivity contribution < 1.29 is 24.3 Å². The molecule has 0 aliphatic carbocycles. The fourth-order valence-corrected chi connectivity index (χ4v) is 2.19. The first-order valence-corrected chi connectivity index (χ1v) is 7.56. The first-order valence-electron chi connectivity index (χ1n) is 7.56. The second kappa shape index (κ2) is 8.83. The van der Waals surface area contributed by atoms with E-state index >= 15 is 0 Å². The molecule has 0 aromatic rings. The molecule has 23 heavy (non-hydrogen) atoms. The average molecular weight is 331 g/mol. The molecule has 134 valence electrons. The molecule has 5 N–H and O–H groups in total. The highest BCUT2D eigenvalue weighted by Gasteiger charge is 2.38. The van der Waals surface area contributed by atoms with Gasteiger partial charge in [-0.2, -0.15) is 5.90 Å². The molecule has 0 radical (unpaired) electrons. The molecule has 0 aliphatic heterocycles. The lowest BCUT2D eigenvalue weighted by atomic mass is 9.84. The van der Waals surface area contributed by atoms with Crippen molar-refractivity contribution in [2.75, 3.05) is 7.05 Å². The Kier molecular flexibility index (Phi) is 8.19. The minimum atomic E-state index is -1.69. The topological polar surface area (TPSA) is 131 Å². The number of amides is 2. The van der Waals surface area contributed by atoms with Crippen molar-refractivity contribution in [2.24, 2.45) is 23.1 Å². The molecule has 0 saturated carbocycles. The molecular formula is C15H29N3O5. The highest BCUT2D eigenvalue weighted by molar-refractivity contribution is 5.91. The summed E-state index contributed by atoms with van der Waals surface area (Å²) in [6.45, 7) is 9.10. The van der Waals surface area contributed by atoms with Gasteiger partial charge in [-0.1, -0.05) is 34.6 Å². The molecule has 0 aromatic heterocycles. The molecular weight excluding hydrogens is 302 g/mol. The summed E-state index contributed by atoms with van der Waals surface area (Å²) in [5, 5.41) is 15.1. The van der Waals surface area contributed by atoms with Crippen molar-refractivity contribution in [3.05, 3.63) is 0 Å². The molecule has 0 rings (SSSR count). The summed E-state index contributed by atoms with van der Waals surface area (Å²) in [6.07, 6.45) is -1.44.